The zero-order valence-corrected chi connectivity index (χ0v) is 13.3. The van der Waals surface area contributed by atoms with Gasteiger partial charge in [0.15, 0.2) is 0 Å². The van der Waals surface area contributed by atoms with Gasteiger partial charge < -0.3 is 10.6 Å². The number of rotatable bonds is 5. The fourth-order valence-corrected chi connectivity index (χ4v) is 3.28. The van der Waals surface area contributed by atoms with E-state index in [1.165, 1.54) is 17.7 Å². The van der Waals surface area contributed by atoms with E-state index in [1.807, 2.05) is 21.7 Å². The molecule has 0 aromatic carbocycles. The van der Waals surface area contributed by atoms with Crippen molar-refractivity contribution < 1.29 is 9.18 Å². The highest BCUT2D eigenvalue weighted by Crippen LogP contribution is 2.22. The number of nitrogens with one attached hydrogen (secondary N) is 2. The monoisotopic (exact) mass is 335 g/mol. The molecule has 2 N–H and O–H groups in total. The molecule has 3 rings (SSSR count). The SMILES string of the molecule is O=C(NC[C@@H]1C[C@H](F)CN1Cc1cncnc1)Nc1ccsc1. The molecule has 2 aromatic heterocycles. The molecule has 6 nitrogen and oxygen atoms in total. The predicted molar refractivity (Wildman–Crippen MR) is 87.1 cm³/mol. The van der Waals surface area contributed by atoms with E-state index >= 15 is 0 Å². The molecule has 2 amide bonds. The molecule has 2 atom stereocenters. The zero-order chi connectivity index (χ0) is 16.1. The third-order valence-corrected chi connectivity index (χ3v) is 4.44. The maximum atomic E-state index is 13.8. The lowest BCUT2D eigenvalue weighted by Crippen LogP contribution is -2.41. The highest BCUT2D eigenvalue weighted by Gasteiger charge is 2.32. The van der Waals surface area contributed by atoms with Crippen LogP contribution in [0.5, 0.6) is 0 Å². The second kappa shape index (κ2) is 7.47. The van der Waals surface area contributed by atoms with Gasteiger partial charge in [-0.25, -0.2) is 19.2 Å². The summed E-state index contributed by atoms with van der Waals surface area (Å²) in [6.45, 7) is 1.36. The Balaban J connectivity index is 1.52. The van der Waals surface area contributed by atoms with Gasteiger partial charge in [0.1, 0.15) is 12.5 Å². The van der Waals surface area contributed by atoms with Crippen molar-refractivity contribution >= 4 is 23.1 Å². The Hall–Kier alpha value is -2.06. The maximum absolute atomic E-state index is 13.8. The minimum absolute atomic E-state index is 0.0292. The molecule has 3 heterocycles. The van der Waals surface area contributed by atoms with E-state index in [-0.39, 0.29) is 12.1 Å². The van der Waals surface area contributed by atoms with Crippen molar-refractivity contribution in [1.82, 2.24) is 20.2 Å². The number of urea groups is 1. The fraction of sp³-hybridized carbons (Fsp3) is 0.400. The van der Waals surface area contributed by atoms with Gasteiger partial charge in [-0.3, -0.25) is 4.90 Å². The summed E-state index contributed by atoms with van der Waals surface area (Å²) in [4.78, 5) is 21.8. The molecule has 0 unspecified atom stereocenters. The van der Waals surface area contributed by atoms with E-state index in [4.69, 9.17) is 0 Å². The molecule has 1 aliphatic heterocycles. The summed E-state index contributed by atoms with van der Waals surface area (Å²) in [6.07, 6.45) is 4.48. The molecule has 0 spiro atoms. The molecule has 2 aromatic rings. The van der Waals surface area contributed by atoms with Crippen LogP contribution >= 0.6 is 11.3 Å². The summed E-state index contributed by atoms with van der Waals surface area (Å²) < 4.78 is 13.8. The van der Waals surface area contributed by atoms with Crippen LogP contribution in [-0.2, 0) is 6.54 Å². The summed E-state index contributed by atoms with van der Waals surface area (Å²) in [5.74, 6) is 0. The van der Waals surface area contributed by atoms with E-state index in [2.05, 4.69) is 20.6 Å². The summed E-state index contributed by atoms with van der Waals surface area (Å²) in [5.41, 5.74) is 1.70. The Bertz CT molecular complexity index is 624. The van der Waals surface area contributed by atoms with E-state index in [1.54, 1.807) is 12.4 Å². The van der Waals surface area contributed by atoms with Gasteiger partial charge in [-0.15, -0.1) is 0 Å². The lowest BCUT2D eigenvalue weighted by atomic mass is 10.2. The standard InChI is InChI=1S/C15H18FN5OS/c16-12-3-14(6-19-15(22)20-13-1-2-23-9-13)21(8-12)7-11-4-17-10-18-5-11/h1-2,4-5,9-10,12,14H,3,6-8H2,(H2,19,20,22)/t12-,14-/m0/s1. The first-order valence-corrected chi connectivity index (χ1v) is 8.34. The summed E-state index contributed by atoms with van der Waals surface area (Å²) >= 11 is 1.51. The van der Waals surface area contributed by atoms with Crippen LogP contribution in [0.25, 0.3) is 0 Å². The fourth-order valence-electron chi connectivity index (χ4n) is 2.70. The topological polar surface area (TPSA) is 70.2 Å². The average molecular weight is 335 g/mol. The largest absolute Gasteiger partial charge is 0.336 e. The number of thiophene rings is 1. The number of carbonyl (C=O) groups excluding carboxylic acids is 1. The Morgan fingerprint density at radius 3 is 3.00 bits per heavy atom. The highest BCUT2D eigenvalue weighted by atomic mass is 32.1. The van der Waals surface area contributed by atoms with E-state index in [0.717, 1.165) is 11.3 Å². The van der Waals surface area contributed by atoms with Crippen LogP contribution in [-0.4, -0.2) is 46.2 Å². The average Bonchev–Trinajstić information content (AvgIpc) is 3.16. The predicted octanol–water partition coefficient (Wildman–Crippen LogP) is 2.27. The first-order chi connectivity index (χ1) is 11.2. The minimum Gasteiger partial charge on any atom is -0.336 e. The smallest absolute Gasteiger partial charge is 0.319 e. The number of hydrogen-bond donors (Lipinski definition) is 2. The second-order valence-electron chi connectivity index (χ2n) is 5.51. The zero-order valence-electron chi connectivity index (χ0n) is 12.5. The Morgan fingerprint density at radius 1 is 1.43 bits per heavy atom. The third kappa shape index (κ3) is 4.46. The molecular formula is C15H18FN5OS. The van der Waals surface area contributed by atoms with Crippen molar-refractivity contribution in [3.63, 3.8) is 0 Å². The van der Waals surface area contributed by atoms with Crippen LogP contribution in [0.15, 0.2) is 35.5 Å². The number of hydrogen-bond acceptors (Lipinski definition) is 5. The molecule has 1 saturated heterocycles. The van der Waals surface area contributed by atoms with Crippen molar-refractivity contribution in [2.45, 2.75) is 25.2 Å². The minimum atomic E-state index is -0.869. The first-order valence-electron chi connectivity index (χ1n) is 7.40. The van der Waals surface area contributed by atoms with Crippen LogP contribution in [0.3, 0.4) is 0 Å². The van der Waals surface area contributed by atoms with E-state index in [9.17, 15) is 9.18 Å². The number of halogens is 1. The quantitative estimate of drug-likeness (QED) is 0.879. The van der Waals surface area contributed by atoms with Crippen molar-refractivity contribution in [1.29, 1.82) is 0 Å². The van der Waals surface area contributed by atoms with Crippen molar-refractivity contribution in [2.24, 2.45) is 0 Å². The number of likely N-dealkylation sites (tertiary alicyclic amines) is 1. The van der Waals surface area contributed by atoms with Crippen molar-refractivity contribution in [3.8, 4) is 0 Å². The molecule has 1 aliphatic rings. The number of alkyl halides is 1. The van der Waals surface area contributed by atoms with Crippen LogP contribution in [0.4, 0.5) is 14.9 Å². The van der Waals surface area contributed by atoms with Gasteiger partial charge >= 0.3 is 6.03 Å². The Morgan fingerprint density at radius 2 is 2.26 bits per heavy atom. The Labute approximate surface area is 137 Å². The first kappa shape index (κ1) is 15.8. The van der Waals surface area contributed by atoms with Crippen LogP contribution in [0, 0.1) is 0 Å². The summed E-state index contributed by atoms with van der Waals surface area (Å²) in [6, 6.07) is 1.53. The van der Waals surface area contributed by atoms with Crippen molar-refractivity contribution in [3.05, 3.63) is 41.1 Å². The van der Waals surface area contributed by atoms with Crippen LogP contribution in [0.1, 0.15) is 12.0 Å². The second-order valence-corrected chi connectivity index (χ2v) is 6.29. The van der Waals surface area contributed by atoms with Gasteiger partial charge in [-0.05, 0) is 17.9 Å². The van der Waals surface area contributed by atoms with Gasteiger partial charge in [0, 0.05) is 49.0 Å². The molecule has 1 fully saturated rings. The van der Waals surface area contributed by atoms with Gasteiger partial charge in [-0.2, -0.15) is 11.3 Å². The van der Waals surface area contributed by atoms with Crippen LogP contribution in [0.2, 0.25) is 0 Å². The molecule has 122 valence electrons. The lowest BCUT2D eigenvalue weighted by molar-refractivity contribution is 0.224. The van der Waals surface area contributed by atoms with Gasteiger partial charge in [0.2, 0.25) is 0 Å². The number of carbonyl (C=O) groups is 1. The lowest BCUT2D eigenvalue weighted by Gasteiger charge is -2.24. The molecule has 0 aliphatic carbocycles. The Kier molecular flexibility index (Phi) is 5.14. The molecular weight excluding hydrogens is 317 g/mol. The molecule has 8 heteroatoms. The van der Waals surface area contributed by atoms with Gasteiger partial charge in [0.25, 0.3) is 0 Å². The third-order valence-electron chi connectivity index (χ3n) is 3.75. The highest BCUT2D eigenvalue weighted by molar-refractivity contribution is 7.08. The summed E-state index contributed by atoms with van der Waals surface area (Å²) in [5, 5.41) is 9.31. The van der Waals surface area contributed by atoms with Crippen molar-refractivity contribution in [2.75, 3.05) is 18.4 Å². The van der Waals surface area contributed by atoms with Gasteiger partial charge in [0.05, 0.1) is 5.69 Å². The van der Waals surface area contributed by atoms with Gasteiger partial charge in [-0.1, -0.05) is 0 Å². The number of nitrogens with zero attached hydrogens (tertiary/aromatic N) is 3. The molecule has 0 saturated carbocycles. The number of anilines is 1. The van der Waals surface area contributed by atoms with E-state index < -0.39 is 6.17 Å². The normalized spacial score (nSPS) is 21.3. The molecule has 0 radical (unpaired) electrons. The number of aromatic nitrogens is 2. The molecule has 0 bridgehead atoms. The van der Waals surface area contributed by atoms with E-state index in [0.29, 0.717) is 26.1 Å². The van der Waals surface area contributed by atoms with Crippen LogP contribution < -0.4 is 10.6 Å². The number of amides is 2. The summed E-state index contributed by atoms with van der Waals surface area (Å²) in [7, 11) is 0. The molecule has 23 heavy (non-hydrogen) atoms. The maximum Gasteiger partial charge on any atom is 0.319 e.